The normalized spacial score (nSPS) is 10.9. The highest BCUT2D eigenvalue weighted by atomic mass is 35.5. The maximum atomic E-state index is 13.1. The summed E-state index contributed by atoms with van der Waals surface area (Å²) < 4.78 is 1.88. The van der Waals surface area contributed by atoms with Crippen molar-refractivity contribution >= 4 is 45.9 Å². The zero-order chi connectivity index (χ0) is 21.1. The number of nitrogens with one attached hydrogen (secondary N) is 1. The topological polar surface area (TPSA) is 51.1 Å². The van der Waals surface area contributed by atoms with Gasteiger partial charge in [-0.2, -0.15) is 0 Å². The van der Waals surface area contributed by atoms with Crippen molar-refractivity contribution in [3.8, 4) is 0 Å². The van der Waals surface area contributed by atoms with E-state index in [1.165, 1.54) is 0 Å². The second-order valence-electron chi connectivity index (χ2n) is 6.68. The van der Waals surface area contributed by atoms with Crippen LogP contribution < -0.4 is 10.7 Å². The third-order valence-corrected chi connectivity index (χ3v) is 6.05. The maximum Gasteiger partial charge on any atom is 0.261 e. The summed E-state index contributed by atoms with van der Waals surface area (Å²) in [5.41, 5.74) is 1.17. The number of benzene rings is 3. The molecule has 6 heteroatoms. The molecule has 0 aliphatic carbocycles. The zero-order valence-electron chi connectivity index (χ0n) is 16.3. The van der Waals surface area contributed by atoms with Gasteiger partial charge in [-0.3, -0.25) is 9.59 Å². The van der Waals surface area contributed by atoms with Gasteiger partial charge in [0.25, 0.3) is 5.91 Å². The van der Waals surface area contributed by atoms with E-state index in [1.54, 1.807) is 36.2 Å². The molecule has 4 aromatic rings. The molecule has 0 aliphatic rings. The van der Waals surface area contributed by atoms with Crippen LogP contribution in [-0.4, -0.2) is 10.5 Å². The molecule has 0 bridgehead atoms. The molecule has 1 amide bonds. The lowest BCUT2D eigenvalue weighted by Gasteiger charge is -2.13. The highest BCUT2D eigenvalue weighted by Crippen LogP contribution is 2.33. The average molecular weight is 435 g/mol. The Labute approximate surface area is 183 Å². The van der Waals surface area contributed by atoms with Crippen molar-refractivity contribution in [3.63, 3.8) is 0 Å². The standard InChI is InChI=1S/C24H19ClN2O2S/c1-2-27-15-19(23(28)18-14-16(25)12-13-21(18)27)24(29)26-20-10-6-7-11-22(20)30-17-8-4-3-5-9-17/h3-15H,2H2,1H3,(H,26,29). The Morgan fingerprint density at radius 1 is 1.03 bits per heavy atom. The fourth-order valence-electron chi connectivity index (χ4n) is 3.26. The molecule has 4 rings (SSSR count). The van der Waals surface area contributed by atoms with Gasteiger partial charge in [0.1, 0.15) is 5.56 Å². The summed E-state index contributed by atoms with van der Waals surface area (Å²) in [5, 5.41) is 3.81. The van der Waals surface area contributed by atoms with E-state index in [1.807, 2.05) is 66.1 Å². The number of hydrogen-bond acceptors (Lipinski definition) is 3. The minimum Gasteiger partial charge on any atom is -0.347 e. The number of aryl methyl sites for hydroxylation is 1. The van der Waals surface area contributed by atoms with Crippen molar-refractivity contribution in [1.82, 2.24) is 4.57 Å². The summed E-state index contributed by atoms with van der Waals surface area (Å²) in [6, 6.07) is 22.6. The molecular formula is C24H19ClN2O2S. The maximum absolute atomic E-state index is 13.1. The molecule has 30 heavy (non-hydrogen) atoms. The Morgan fingerprint density at radius 2 is 1.77 bits per heavy atom. The summed E-state index contributed by atoms with van der Waals surface area (Å²) in [6.45, 7) is 2.59. The van der Waals surface area contributed by atoms with E-state index in [9.17, 15) is 9.59 Å². The predicted molar refractivity (Wildman–Crippen MR) is 124 cm³/mol. The molecule has 3 aromatic carbocycles. The molecule has 1 aromatic heterocycles. The number of halogens is 1. The number of rotatable bonds is 5. The van der Waals surface area contributed by atoms with Crippen LogP contribution in [0, 0.1) is 0 Å². The number of nitrogens with zero attached hydrogens (tertiary/aromatic N) is 1. The first-order valence-electron chi connectivity index (χ1n) is 9.53. The van der Waals surface area contributed by atoms with Gasteiger partial charge in [-0.05, 0) is 49.4 Å². The first kappa shape index (κ1) is 20.3. The van der Waals surface area contributed by atoms with Crippen LogP contribution >= 0.6 is 23.4 Å². The number of carbonyl (C=O) groups is 1. The van der Waals surface area contributed by atoms with E-state index in [0.29, 0.717) is 22.6 Å². The largest absolute Gasteiger partial charge is 0.347 e. The van der Waals surface area contributed by atoms with Crippen LogP contribution in [0.15, 0.2) is 93.6 Å². The van der Waals surface area contributed by atoms with Crippen LogP contribution in [0.5, 0.6) is 0 Å². The summed E-state index contributed by atoms with van der Waals surface area (Å²) >= 11 is 7.65. The van der Waals surface area contributed by atoms with E-state index in [-0.39, 0.29) is 11.0 Å². The average Bonchev–Trinajstić information content (AvgIpc) is 2.76. The summed E-state index contributed by atoms with van der Waals surface area (Å²) in [6.07, 6.45) is 1.61. The van der Waals surface area contributed by atoms with Gasteiger partial charge in [0.2, 0.25) is 5.43 Å². The number of carbonyl (C=O) groups excluding carboxylic acids is 1. The number of amides is 1. The Morgan fingerprint density at radius 3 is 2.53 bits per heavy atom. The molecule has 0 unspecified atom stereocenters. The fraction of sp³-hybridized carbons (Fsp3) is 0.0833. The van der Waals surface area contributed by atoms with Crippen LogP contribution in [0.3, 0.4) is 0 Å². The van der Waals surface area contributed by atoms with Crippen LogP contribution in [0.1, 0.15) is 17.3 Å². The predicted octanol–water partition coefficient (Wildman–Crippen LogP) is 6.08. The van der Waals surface area contributed by atoms with Crippen molar-refractivity contribution in [2.45, 2.75) is 23.3 Å². The molecule has 0 atom stereocenters. The molecule has 1 N–H and O–H groups in total. The second kappa shape index (κ2) is 8.78. The quantitative estimate of drug-likeness (QED) is 0.414. The third kappa shape index (κ3) is 4.13. The lowest BCUT2D eigenvalue weighted by Crippen LogP contribution is -2.24. The Balaban J connectivity index is 1.71. The molecule has 0 saturated heterocycles. The van der Waals surface area contributed by atoms with Crippen molar-refractivity contribution in [2.24, 2.45) is 0 Å². The molecule has 4 nitrogen and oxygen atoms in total. The van der Waals surface area contributed by atoms with Gasteiger partial charge in [0.15, 0.2) is 0 Å². The zero-order valence-corrected chi connectivity index (χ0v) is 17.8. The number of hydrogen-bond donors (Lipinski definition) is 1. The van der Waals surface area contributed by atoms with E-state index in [0.717, 1.165) is 15.3 Å². The Hall–Kier alpha value is -3.02. The van der Waals surface area contributed by atoms with Crippen molar-refractivity contribution in [2.75, 3.05) is 5.32 Å². The minimum absolute atomic E-state index is 0.0890. The van der Waals surface area contributed by atoms with E-state index in [4.69, 9.17) is 11.6 Å². The highest BCUT2D eigenvalue weighted by Gasteiger charge is 2.17. The van der Waals surface area contributed by atoms with Gasteiger partial charge in [-0.1, -0.05) is 53.7 Å². The van der Waals surface area contributed by atoms with Gasteiger partial charge >= 0.3 is 0 Å². The van der Waals surface area contributed by atoms with Gasteiger partial charge < -0.3 is 9.88 Å². The molecule has 0 radical (unpaired) electrons. The molecule has 150 valence electrons. The van der Waals surface area contributed by atoms with E-state index in [2.05, 4.69) is 5.32 Å². The van der Waals surface area contributed by atoms with Crippen molar-refractivity contribution < 1.29 is 4.79 Å². The molecular weight excluding hydrogens is 416 g/mol. The number of anilines is 1. The SMILES string of the molecule is CCn1cc(C(=O)Nc2ccccc2Sc2ccccc2)c(=O)c2cc(Cl)ccc21. The van der Waals surface area contributed by atoms with Gasteiger partial charge in [-0.25, -0.2) is 0 Å². The number of pyridine rings is 1. The number of para-hydroxylation sites is 1. The summed E-state index contributed by atoms with van der Waals surface area (Å²) in [5.74, 6) is -0.440. The first-order valence-corrected chi connectivity index (χ1v) is 10.7. The van der Waals surface area contributed by atoms with Crippen LogP contribution in [-0.2, 0) is 6.54 Å². The Kier molecular flexibility index (Phi) is 5.93. The first-order chi connectivity index (χ1) is 14.6. The van der Waals surface area contributed by atoms with Crippen LogP contribution in [0.25, 0.3) is 10.9 Å². The van der Waals surface area contributed by atoms with Gasteiger partial charge in [0, 0.05) is 32.9 Å². The van der Waals surface area contributed by atoms with E-state index >= 15 is 0 Å². The molecule has 0 saturated carbocycles. The van der Waals surface area contributed by atoms with E-state index < -0.39 is 5.91 Å². The van der Waals surface area contributed by atoms with Crippen LogP contribution in [0.2, 0.25) is 5.02 Å². The number of fused-ring (bicyclic) bond motifs is 1. The van der Waals surface area contributed by atoms with Gasteiger partial charge in [0.05, 0.1) is 11.2 Å². The van der Waals surface area contributed by atoms with Gasteiger partial charge in [-0.15, -0.1) is 0 Å². The summed E-state index contributed by atoms with van der Waals surface area (Å²) in [4.78, 5) is 28.1. The lowest BCUT2D eigenvalue weighted by atomic mass is 10.1. The monoisotopic (exact) mass is 434 g/mol. The molecule has 1 heterocycles. The molecule has 0 spiro atoms. The molecule has 0 fully saturated rings. The smallest absolute Gasteiger partial charge is 0.261 e. The Bertz CT molecular complexity index is 1290. The highest BCUT2D eigenvalue weighted by molar-refractivity contribution is 7.99. The lowest BCUT2D eigenvalue weighted by molar-refractivity contribution is 0.102. The fourth-order valence-corrected chi connectivity index (χ4v) is 4.35. The van der Waals surface area contributed by atoms with Crippen molar-refractivity contribution in [1.29, 1.82) is 0 Å². The van der Waals surface area contributed by atoms with Crippen molar-refractivity contribution in [3.05, 3.63) is 99.8 Å². The second-order valence-corrected chi connectivity index (χ2v) is 8.24. The summed E-state index contributed by atoms with van der Waals surface area (Å²) in [7, 11) is 0. The molecule has 0 aliphatic heterocycles. The minimum atomic E-state index is -0.440. The third-order valence-electron chi connectivity index (χ3n) is 4.73. The van der Waals surface area contributed by atoms with Crippen LogP contribution in [0.4, 0.5) is 5.69 Å². The number of aromatic nitrogens is 1.